The lowest BCUT2D eigenvalue weighted by atomic mass is 9.97. The van der Waals surface area contributed by atoms with E-state index in [1.54, 1.807) is 17.0 Å². The lowest BCUT2D eigenvalue weighted by molar-refractivity contribution is -0.137. The van der Waals surface area contributed by atoms with E-state index in [9.17, 15) is 22.0 Å². The number of benzene rings is 3. The van der Waals surface area contributed by atoms with Gasteiger partial charge in [0.1, 0.15) is 11.6 Å². The van der Waals surface area contributed by atoms with Gasteiger partial charge in [0.15, 0.2) is 0 Å². The molecular weight excluding hydrogens is 470 g/mol. The molecule has 3 aromatic carbocycles. The first-order valence-corrected chi connectivity index (χ1v) is 13.1. The number of carbonyl (C=O) groups excluding carboxylic acids is 1. The smallest absolute Gasteiger partial charge is 0.243 e. The number of amides is 1. The molecular formula is C27H28F2N2O3S. The lowest BCUT2D eigenvalue weighted by Gasteiger charge is -2.34. The van der Waals surface area contributed by atoms with E-state index in [0.29, 0.717) is 38.9 Å². The predicted octanol–water partition coefficient (Wildman–Crippen LogP) is 4.64. The standard InChI is InChI=1S/C27H28F2N2O3S/c28-24-10-8-22(9-11-24)19-30(18-16-21-5-2-1-3-6-21)27(32)23-7-4-17-31(20-23)35(33,34)26-14-12-25(29)13-15-26/h1-3,5-6,8-15,23H,4,7,16-20H2/t23-/m0/s1. The average molecular weight is 499 g/mol. The molecule has 184 valence electrons. The van der Waals surface area contributed by atoms with Crippen LogP contribution in [0, 0.1) is 17.6 Å². The van der Waals surface area contributed by atoms with Gasteiger partial charge in [-0.1, -0.05) is 42.5 Å². The van der Waals surface area contributed by atoms with Gasteiger partial charge in [-0.05, 0) is 66.8 Å². The van der Waals surface area contributed by atoms with Crippen LogP contribution in [0.4, 0.5) is 8.78 Å². The second kappa shape index (κ2) is 11.1. The molecule has 8 heteroatoms. The van der Waals surface area contributed by atoms with E-state index in [1.807, 2.05) is 30.3 Å². The predicted molar refractivity (Wildman–Crippen MR) is 130 cm³/mol. The summed E-state index contributed by atoms with van der Waals surface area (Å²) in [6, 6.07) is 20.6. The molecule has 0 N–H and O–H groups in total. The molecule has 0 unspecified atom stereocenters. The Hall–Kier alpha value is -3.10. The van der Waals surface area contributed by atoms with Crippen molar-refractivity contribution in [2.24, 2.45) is 5.92 Å². The van der Waals surface area contributed by atoms with Gasteiger partial charge < -0.3 is 4.90 Å². The molecule has 1 atom stereocenters. The van der Waals surface area contributed by atoms with Gasteiger partial charge in [-0.25, -0.2) is 17.2 Å². The maximum atomic E-state index is 13.6. The van der Waals surface area contributed by atoms with Crippen molar-refractivity contribution in [3.05, 3.63) is 102 Å². The molecule has 1 amide bonds. The normalized spacial score (nSPS) is 16.7. The number of nitrogens with zero attached hydrogens (tertiary/aromatic N) is 2. The molecule has 0 saturated carbocycles. The van der Waals surface area contributed by atoms with Crippen molar-refractivity contribution in [2.75, 3.05) is 19.6 Å². The van der Waals surface area contributed by atoms with Crippen molar-refractivity contribution in [1.29, 1.82) is 0 Å². The Kier molecular flexibility index (Phi) is 7.93. The number of hydrogen-bond donors (Lipinski definition) is 0. The van der Waals surface area contributed by atoms with Crippen LogP contribution in [0.25, 0.3) is 0 Å². The van der Waals surface area contributed by atoms with Crippen LogP contribution in [0.15, 0.2) is 83.8 Å². The number of piperidine rings is 1. The van der Waals surface area contributed by atoms with Gasteiger partial charge in [0.25, 0.3) is 0 Å². The van der Waals surface area contributed by atoms with Gasteiger partial charge in [0, 0.05) is 26.2 Å². The van der Waals surface area contributed by atoms with E-state index in [4.69, 9.17) is 0 Å². The maximum absolute atomic E-state index is 13.6. The van der Waals surface area contributed by atoms with E-state index < -0.39 is 21.8 Å². The molecule has 1 aliphatic rings. The third-order valence-corrected chi connectivity index (χ3v) is 8.18. The topological polar surface area (TPSA) is 57.7 Å². The Morgan fingerprint density at radius 2 is 1.51 bits per heavy atom. The third kappa shape index (κ3) is 6.32. The number of halogens is 2. The van der Waals surface area contributed by atoms with Gasteiger partial charge in [-0.2, -0.15) is 4.31 Å². The monoisotopic (exact) mass is 498 g/mol. The minimum atomic E-state index is -3.84. The van der Waals surface area contributed by atoms with Crippen LogP contribution in [-0.4, -0.2) is 43.2 Å². The van der Waals surface area contributed by atoms with Crippen LogP contribution in [-0.2, 0) is 27.8 Å². The van der Waals surface area contributed by atoms with Crippen LogP contribution in [0.5, 0.6) is 0 Å². The zero-order valence-corrected chi connectivity index (χ0v) is 20.1. The van der Waals surface area contributed by atoms with Crippen LogP contribution in [0.3, 0.4) is 0 Å². The summed E-state index contributed by atoms with van der Waals surface area (Å²) in [4.78, 5) is 15.4. The minimum Gasteiger partial charge on any atom is -0.338 e. The SMILES string of the molecule is O=C([C@H]1CCCN(S(=O)(=O)c2ccc(F)cc2)C1)N(CCc1ccccc1)Cc1ccc(F)cc1. The highest BCUT2D eigenvalue weighted by Crippen LogP contribution is 2.26. The quantitative estimate of drug-likeness (QED) is 0.455. The maximum Gasteiger partial charge on any atom is 0.243 e. The number of carbonyl (C=O) groups is 1. The summed E-state index contributed by atoms with van der Waals surface area (Å²) in [7, 11) is -3.84. The second-order valence-corrected chi connectivity index (χ2v) is 10.7. The molecule has 35 heavy (non-hydrogen) atoms. The summed E-state index contributed by atoms with van der Waals surface area (Å²) in [6.07, 6.45) is 1.79. The van der Waals surface area contributed by atoms with E-state index >= 15 is 0 Å². The molecule has 0 aliphatic carbocycles. The molecule has 1 saturated heterocycles. The summed E-state index contributed by atoms with van der Waals surface area (Å²) in [5.41, 5.74) is 1.90. The minimum absolute atomic E-state index is 0.0132. The molecule has 5 nitrogen and oxygen atoms in total. The number of hydrogen-bond acceptors (Lipinski definition) is 3. The zero-order chi connectivity index (χ0) is 24.8. The fourth-order valence-electron chi connectivity index (χ4n) is 4.36. The van der Waals surface area contributed by atoms with Crippen molar-refractivity contribution >= 4 is 15.9 Å². The van der Waals surface area contributed by atoms with Crippen molar-refractivity contribution in [3.63, 3.8) is 0 Å². The summed E-state index contributed by atoms with van der Waals surface area (Å²) in [5, 5.41) is 0. The first-order chi connectivity index (χ1) is 16.8. The van der Waals surface area contributed by atoms with Gasteiger partial charge in [-0.15, -0.1) is 0 Å². The van der Waals surface area contributed by atoms with Crippen LogP contribution in [0.2, 0.25) is 0 Å². The van der Waals surface area contributed by atoms with Crippen LogP contribution in [0.1, 0.15) is 24.0 Å². The molecule has 0 radical (unpaired) electrons. The van der Waals surface area contributed by atoms with Crippen molar-refractivity contribution in [1.82, 2.24) is 9.21 Å². The van der Waals surface area contributed by atoms with E-state index in [-0.39, 0.29) is 23.2 Å². The van der Waals surface area contributed by atoms with E-state index in [0.717, 1.165) is 23.3 Å². The summed E-state index contributed by atoms with van der Waals surface area (Å²) in [6.45, 7) is 1.16. The van der Waals surface area contributed by atoms with Gasteiger partial charge >= 0.3 is 0 Å². The van der Waals surface area contributed by atoms with Crippen LogP contribution < -0.4 is 0 Å². The van der Waals surface area contributed by atoms with E-state index in [1.165, 1.54) is 28.6 Å². The fraction of sp³-hybridized carbons (Fsp3) is 0.296. The Morgan fingerprint density at radius 3 is 2.17 bits per heavy atom. The van der Waals surface area contributed by atoms with Gasteiger partial charge in [-0.3, -0.25) is 4.79 Å². The highest BCUT2D eigenvalue weighted by molar-refractivity contribution is 7.89. The second-order valence-electron chi connectivity index (χ2n) is 8.78. The van der Waals surface area contributed by atoms with E-state index in [2.05, 4.69) is 0 Å². The molecule has 0 bridgehead atoms. The Balaban J connectivity index is 1.51. The summed E-state index contributed by atoms with van der Waals surface area (Å²) in [5.74, 6) is -1.46. The molecule has 4 rings (SSSR count). The third-order valence-electron chi connectivity index (χ3n) is 6.30. The Morgan fingerprint density at radius 1 is 0.886 bits per heavy atom. The molecule has 1 fully saturated rings. The van der Waals surface area contributed by atoms with Gasteiger partial charge in [0.2, 0.25) is 15.9 Å². The van der Waals surface area contributed by atoms with Crippen molar-refractivity contribution in [3.8, 4) is 0 Å². The Bertz CT molecular complexity index is 1230. The molecule has 1 heterocycles. The average Bonchev–Trinajstić information content (AvgIpc) is 2.88. The van der Waals surface area contributed by atoms with Gasteiger partial charge in [0.05, 0.1) is 10.8 Å². The highest BCUT2D eigenvalue weighted by Gasteiger charge is 2.35. The van der Waals surface area contributed by atoms with Crippen LogP contribution >= 0.6 is 0 Å². The number of rotatable bonds is 8. The molecule has 3 aromatic rings. The Labute approximate surface area is 205 Å². The summed E-state index contributed by atoms with van der Waals surface area (Å²) < 4.78 is 54.2. The lowest BCUT2D eigenvalue weighted by Crippen LogP contribution is -2.47. The molecule has 0 spiro atoms. The number of sulfonamides is 1. The largest absolute Gasteiger partial charge is 0.338 e. The van der Waals surface area contributed by atoms with Crippen molar-refractivity contribution < 1.29 is 22.0 Å². The zero-order valence-electron chi connectivity index (χ0n) is 19.3. The fourth-order valence-corrected chi connectivity index (χ4v) is 5.89. The van der Waals surface area contributed by atoms with Crippen molar-refractivity contribution in [2.45, 2.75) is 30.7 Å². The molecule has 1 aliphatic heterocycles. The summed E-state index contributed by atoms with van der Waals surface area (Å²) >= 11 is 0. The highest BCUT2D eigenvalue weighted by atomic mass is 32.2. The molecule has 0 aromatic heterocycles. The first-order valence-electron chi connectivity index (χ1n) is 11.7. The first kappa shape index (κ1) is 25.0.